The summed E-state index contributed by atoms with van der Waals surface area (Å²) in [6, 6.07) is 17.2. The van der Waals surface area contributed by atoms with Crippen LogP contribution in [0.15, 0.2) is 60.7 Å². The molecule has 0 unspecified atom stereocenters. The number of fused-ring (bicyclic) bond motifs is 1. The van der Waals surface area contributed by atoms with Gasteiger partial charge in [0.05, 0.1) is 12.5 Å². The number of para-hydroxylation sites is 1. The number of carbonyl (C=O) groups excluding carboxylic acids is 4. The number of benzene rings is 2. The van der Waals surface area contributed by atoms with Crippen molar-refractivity contribution < 1.29 is 23.9 Å². The van der Waals surface area contributed by atoms with Gasteiger partial charge in [-0.1, -0.05) is 48.5 Å². The number of esters is 1. The maximum Gasteiger partial charge on any atom is 0.308 e. The summed E-state index contributed by atoms with van der Waals surface area (Å²) in [6.07, 6.45) is 0.187. The van der Waals surface area contributed by atoms with E-state index in [1.807, 2.05) is 59.2 Å². The number of carbonyl (C=O) groups is 4. The first-order valence-corrected chi connectivity index (χ1v) is 11.5. The minimum absolute atomic E-state index is 0.293. The van der Waals surface area contributed by atoms with Crippen LogP contribution in [0.5, 0.6) is 0 Å². The Kier molecular flexibility index (Phi) is 8.06. The summed E-state index contributed by atoms with van der Waals surface area (Å²) >= 11 is 0. The van der Waals surface area contributed by atoms with Crippen LogP contribution in [0.4, 0.5) is 0 Å². The van der Waals surface area contributed by atoms with Crippen molar-refractivity contribution in [2.24, 2.45) is 0 Å². The third kappa shape index (κ3) is 7.02. The number of ether oxygens (including phenoxy) is 1. The molecule has 0 aliphatic rings. The normalized spacial score (nSPS) is 13.0. The molecule has 184 valence electrons. The van der Waals surface area contributed by atoms with Crippen molar-refractivity contribution >= 4 is 35.0 Å². The zero-order chi connectivity index (χ0) is 25.6. The van der Waals surface area contributed by atoms with Crippen LogP contribution in [-0.4, -0.2) is 46.3 Å². The third-order valence-electron chi connectivity index (χ3n) is 5.27. The zero-order valence-electron chi connectivity index (χ0n) is 20.4. The third-order valence-corrected chi connectivity index (χ3v) is 5.27. The molecular weight excluding hydrogens is 446 g/mol. The predicted octanol–water partition coefficient (Wildman–Crippen LogP) is 3.22. The molecule has 0 aliphatic heterocycles. The minimum Gasteiger partial charge on any atom is -0.460 e. The van der Waals surface area contributed by atoms with Gasteiger partial charge < -0.3 is 24.7 Å². The Morgan fingerprint density at radius 1 is 1.00 bits per heavy atom. The van der Waals surface area contributed by atoms with Gasteiger partial charge in [0.15, 0.2) is 0 Å². The van der Waals surface area contributed by atoms with E-state index in [0.717, 1.165) is 16.5 Å². The molecule has 2 aromatic carbocycles. The van der Waals surface area contributed by atoms with Crippen molar-refractivity contribution in [1.82, 2.24) is 15.2 Å². The fourth-order valence-corrected chi connectivity index (χ4v) is 3.67. The van der Waals surface area contributed by atoms with E-state index in [0.29, 0.717) is 18.5 Å². The highest BCUT2D eigenvalue weighted by molar-refractivity contribution is 6.01. The summed E-state index contributed by atoms with van der Waals surface area (Å²) in [5.41, 5.74) is 1.64. The molecule has 2 N–H and O–H groups in total. The molecule has 0 saturated carbocycles. The van der Waals surface area contributed by atoms with E-state index >= 15 is 0 Å². The summed E-state index contributed by atoms with van der Waals surface area (Å²) in [5, 5.41) is 6.10. The van der Waals surface area contributed by atoms with Crippen molar-refractivity contribution in [3.8, 4) is 0 Å². The molecule has 3 aromatic rings. The summed E-state index contributed by atoms with van der Waals surface area (Å²) in [5.74, 6) is -1.60. The van der Waals surface area contributed by atoms with Crippen LogP contribution in [-0.2, 0) is 25.7 Å². The molecule has 0 radical (unpaired) electrons. The van der Waals surface area contributed by atoms with Crippen LogP contribution in [0.25, 0.3) is 10.9 Å². The molecule has 0 fully saturated rings. The number of aldehydes is 1. The lowest BCUT2D eigenvalue weighted by atomic mass is 10.1. The standard InChI is InChI=1S/C27H31N3O5/c1-18(25(33)29-21(17-31)15-24(32)35-27(2,3)4)28-26(34)23-14-20-12-8-9-13-22(20)30(23)16-19-10-6-5-7-11-19/h5-14,17-18,21H,15-16H2,1-4H3,(H,28,34)(H,29,33)/t18-,21-/m0/s1. The monoisotopic (exact) mass is 477 g/mol. The van der Waals surface area contributed by atoms with E-state index in [9.17, 15) is 19.2 Å². The van der Waals surface area contributed by atoms with Crippen molar-refractivity contribution in [2.75, 3.05) is 0 Å². The second-order valence-electron chi connectivity index (χ2n) is 9.40. The maximum atomic E-state index is 13.2. The average molecular weight is 478 g/mol. The number of hydrogen-bond acceptors (Lipinski definition) is 5. The molecule has 2 atom stereocenters. The molecule has 8 nitrogen and oxygen atoms in total. The largest absolute Gasteiger partial charge is 0.460 e. The van der Waals surface area contributed by atoms with Gasteiger partial charge in [0.25, 0.3) is 5.91 Å². The van der Waals surface area contributed by atoms with E-state index in [1.54, 1.807) is 26.8 Å². The summed E-state index contributed by atoms with van der Waals surface area (Å²) in [6.45, 7) is 7.16. The lowest BCUT2D eigenvalue weighted by Crippen LogP contribution is -2.49. The molecule has 35 heavy (non-hydrogen) atoms. The second kappa shape index (κ2) is 11.0. The van der Waals surface area contributed by atoms with Crippen molar-refractivity contribution in [2.45, 2.75) is 58.3 Å². The van der Waals surface area contributed by atoms with Crippen LogP contribution in [0.1, 0.15) is 50.2 Å². The fraction of sp³-hybridized carbons (Fsp3) is 0.333. The summed E-state index contributed by atoms with van der Waals surface area (Å²) in [4.78, 5) is 49.2. The Morgan fingerprint density at radius 3 is 2.31 bits per heavy atom. The van der Waals surface area contributed by atoms with Gasteiger partial charge in [-0.05, 0) is 45.4 Å². The zero-order valence-corrected chi connectivity index (χ0v) is 20.4. The SMILES string of the molecule is C[C@H](NC(=O)c1cc2ccccc2n1Cc1ccccc1)C(=O)N[C@H](C=O)CC(=O)OC(C)(C)C. The number of aromatic nitrogens is 1. The second-order valence-corrected chi connectivity index (χ2v) is 9.40. The number of nitrogens with zero attached hydrogens (tertiary/aromatic N) is 1. The van der Waals surface area contributed by atoms with Crippen LogP contribution < -0.4 is 10.6 Å². The Hall–Kier alpha value is -3.94. The lowest BCUT2D eigenvalue weighted by Gasteiger charge is -2.22. The molecule has 3 rings (SSSR count). The summed E-state index contributed by atoms with van der Waals surface area (Å²) < 4.78 is 7.11. The van der Waals surface area contributed by atoms with Crippen LogP contribution in [0.2, 0.25) is 0 Å². The van der Waals surface area contributed by atoms with E-state index in [-0.39, 0.29) is 6.42 Å². The number of amides is 2. The van der Waals surface area contributed by atoms with Gasteiger partial charge in [0, 0.05) is 17.4 Å². The molecule has 0 bridgehead atoms. The molecule has 1 aromatic heterocycles. The van der Waals surface area contributed by atoms with E-state index < -0.39 is 35.5 Å². The van der Waals surface area contributed by atoms with E-state index in [2.05, 4.69) is 10.6 Å². The van der Waals surface area contributed by atoms with Gasteiger partial charge in [-0.3, -0.25) is 14.4 Å². The van der Waals surface area contributed by atoms with Crippen molar-refractivity contribution in [3.63, 3.8) is 0 Å². The number of nitrogens with one attached hydrogen (secondary N) is 2. The number of rotatable bonds is 9. The topological polar surface area (TPSA) is 107 Å². The van der Waals surface area contributed by atoms with Gasteiger partial charge in [0.1, 0.15) is 23.6 Å². The smallest absolute Gasteiger partial charge is 0.308 e. The predicted molar refractivity (Wildman–Crippen MR) is 133 cm³/mol. The van der Waals surface area contributed by atoms with Gasteiger partial charge >= 0.3 is 5.97 Å². The average Bonchev–Trinajstić information content (AvgIpc) is 3.16. The van der Waals surface area contributed by atoms with Gasteiger partial charge in [-0.2, -0.15) is 0 Å². The van der Waals surface area contributed by atoms with Crippen LogP contribution in [0.3, 0.4) is 0 Å². The van der Waals surface area contributed by atoms with Crippen LogP contribution in [0, 0.1) is 0 Å². The molecule has 0 saturated heterocycles. The molecule has 8 heteroatoms. The lowest BCUT2D eigenvalue weighted by molar-refractivity contribution is -0.155. The van der Waals surface area contributed by atoms with E-state index in [4.69, 9.17) is 4.74 Å². The molecule has 1 heterocycles. The van der Waals surface area contributed by atoms with Crippen molar-refractivity contribution in [3.05, 3.63) is 71.9 Å². The number of hydrogen-bond donors (Lipinski definition) is 2. The highest BCUT2D eigenvalue weighted by Gasteiger charge is 2.25. The Balaban J connectivity index is 1.71. The van der Waals surface area contributed by atoms with Crippen LogP contribution >= 0.6 is 0 Å². The van der Waals surface area contributed by atoms with Crippen molar-refractivity contribution in [1.29, 1.82) is 0 Å². The highest BCUT2D eigenvalue weighted by Crippen LogP contribution is 2.21. The Bertz CT molecular complexity index is 1210. The Labute approximate surface area is 204 Å². The van der Waals surface area contributed by atoms with Gasteiger partial charge in [-0.25, -0.2) is 0 Å². The fourth-order valence-electron chi connectivity index (χ4n) is 3.67. The first-order chi connectivity index (χ1) is 16.6. The maximum absolute atomic E-state index is 13.2. The summed E-state index contributed by atoms with van der Waals surface area (Å²) in [7, 11) is 0. The highest BCUT2D eigenvalue weighted by atomic mass is 16.6. The molecule has 2 amide bonds. The van der Waals surface area contributed by atoms with Gasteiger partial charge in [0.2, 0.25) is 5.91 Å². The first-order valence-electron chi connectivity index (χ1n) is 11.5. The molecular formula is C27H31N3O5. The Morgan fingerprint density at radius 2 is 1.66 bits per heavy atom. The quantitative estimate of drug-likeness (QED) is 0.364. The molecule has 0 aliphatic carbocycles. The minimum atomic E-state index is -1.05. The van der Waals surface area contributed by atoms with Gasteiger partial charge in [-0.15, -0.1) is 0 Å². The van der Waals surface area contributed by atoms with E-state index in [1.165, 1.54) is 6.92 Å². The first kappa shape index (κ1) is 25.7. The molecule has 0 spiro atoms.